The first-order chi connectivity index (χ1) is 11.0. The lowest BCUT2D eigenvalue weighted by molar-refractivity contribution is -0.150. The summed E-state index contributed by atoms with van der Waals surface area (Å²) in [5.74, 6) is -1.66. The number of hydrogen-bond acceptors (Lipinski definition) is 6. The van der Waals surface area contributed by atoms with Crippen LogP contribution in [0.3, 0.4) is 0 Å². The zero-order chi connectivity index (χ0) is 17.1. The van der Waals surface area contributed by atoms with Gasteiger partial charge in [-0.05, 0) is 30.7 Å². The van der Waals surface area contributed by atoms with Crippen LogP contribution in [-0.2, 0) is 23.9 Å². The van der Waals surface area contributed by atoms with E-state index in [1.165, 1.54) is 31.4 Å². The van der Waals surface area contributed by atoms with Gasteiger partial charge in [0.1, 0.15) is 11.6 Å². The Morgan fingerprint density at radius 3 is 2.43 bits per heavy atom. The Hall–Kier alpha value is -2.64. The Morgan fingerprint density at radius 1 is 1.09 bits per heavy atom. The van der Waals surface area contributed by atoms with Crippen LogP contribution in [0.25, 0.3) is 0 Å². The fourth-order valence-electron chi connectivity index (χ4n) is 1.47. The summed E-state index contributed by atoms with van der Waals surface area (Å²) in [6.45, 7) is -0.553. The van der Waals surface area contributed by atoms with Crippen molar-refractivity contribution in [3.05, 3.63) is 30.1 Å². The number of methoxy groups -OCH3 is 1. The van der Waals surface area contributed by atoms with E-state index in [1.807, 2.05) is 0 Å². The Bertz CT molecular complexity index is 531. The number of nitrogens with one attached hydrogen (secondary N) is 1. The molecule has 7 nitrogen and oxygen atoms in total. The minimum atomic E-state index is -0.723. The molecule has 1 aromatic carbocycles. The maximum absolute atomic E-state index is 12.7. The van der Waals surface area contributed by atoms with E-state index in [0.717, 1.165) is 0 Å². The Kier molecular flexibility index (Phi) is 8.12. The van der Waals surface area contributed by atoms with Crippen molar-refractivity contribution in [2.24, 2.45) is 0 Å². The fourth-order valence-corrected chi connectivity index (χ4v) is 1.47. The predicted octanol–water partition coefficient (Wildman–Crippen LogP) is 0.817. The number of halogens is 1. The highest BCUT2D eigenvalue weighted by Gasteiger charge is 2.08. The second-order valence-corrected chi connectivity index (χ2v) is 4.43. The summed E-state index contributed by atoms with van der Waals surface area (Å²) >= 11 is 0. The SMILES string of the molecule is COC(=O)CCCNC(=O)COC(=O)COc1ccc(F)cc1. The van der Waals surface area contributed by atoms with E-state index in [4.69, 9.17) is 9.47 Å². The van der Waals surface area contributed by atoms with Gasteiger partial charge in [0.15, 0.2) is 13.2 Å². The van der Waals surface area contributed by atoms with Crippen LogP contribution < -0.4 is 10.1 Å². The minimum Gasteiger partial charge on any atom is -0.482 e. The van der Waals surface area contributed by atoms with Gasteiger partial charge in [0.2, 0.25) is 0 Å². The van der Waals surface area contributed by atoms with E-state index < -0.39 is 24.3 Å². The van der Waals surface area contributed by atoms with Gasteiger partial charge in [-0.1, -0.05) is 0 Å². The van der Waals surface area contributed by atoms with Gasteiger partial charge in [0.05, 0.1) is 7.11 Å². The number of ether oxygens (including phenoxy) is 3. The fraction of sp³-hybridized carbons (Fsp3) is 0.400. The van der Waals surface area contributed by atoms with Crippen molar-refractivity contribution in [3.8, 4) is 5.75 Å². The first-order valence-electron chi connectivity index (χ1n) is 6.88. The molecule has 0 atom stereocenters. The average molecular weight is 327 g/mol. The van der Waals surface area contributed by atoms with Gasteiger partial charge < -0.3 is 19.5 Å². The minimum absolute atomic E-state index is 0.197. The van der Waals surface area contributed by atoms with Crippen LogP contribution in [0.4, 0.5) is 4.39 Å². The number of hydrogen-bond donors (Lipinski definition) is 1. The van der Waals surface area contributed by atoms with E-state index >= 15 is 0 Å². The molecule has 0 aliphatic heterocycles. The lowest BCUT2D eigenvalue weighted by atomic mass is 10.3. The summed E-state index contributed by atoms with van der Waals surface area (Å²) in [6.07, 6.45) is 0.627. The first kappa shape index (κ1) is 18.4. The topological polar surface area (TPSA) is 90.9 Å². The van der Waals surface area contributed by atoms with Crippen molar-refractivity contribution in [1.82, 2.24) is 5.32 Å². The first-order valence-corrected chi connectivity index (χ1v) is 6.88. The normalized spacial score (nSPS) is 9.83. The highest BCUT2D eigenvalue weighted by Crippen LogP contribution is 2.10. The highest BCUT2D eigenvalue weighted by molar-refractivity contribution is 5.80. The molecule has 1 aromatic rings. The zero-order valence-electron chi connectivity index (χ0n) is 12.7. The summed E-state index contributed by atoms with van der Waals surface area (Å²) < 4.78 is 26.9. The van der Waals surface area contributed by atoms with Crippen molar-refractivity contribution in [2.75, 3.05) is 26.9 Å². The summed E-state index contributed by atoms with van der Waals surface area (Å²) in [5, 5.41) is 2.49. The van der Waals surface area contributed by atoms with Crippen molar-refractivity contribution in [1.29, 1.82) is 0 Å². The molecular formula is C15H18FNO6. The molecule has 0 heterocycles. The molecule has 0 aliphatic rings. The monoisotopic (exact) mass is 327 g/mol. The molecule has 0 aliphatic carbocycles. The van der Waals surface area contributed by atoms with E-state index in [9.17, 15) is 18.8 Å². The molecule has 0 saturated carbocycles. The predicted molar refractivity (Wildman–Crippen MR) is 77.1 cm³/mol. The van der Waals surface area contributed by atoms with Gasteiger partial charge in [-0.2, -0.15) is 0 Å². The maximum Gasteiger partial charge on any atom is 0.344 e. The van der Waals surface area contributed by atoms with Crippen LogP contribution in [0.15, 0.2) is 24.3 Å². The summed E-state index contributed by atoms with van der Waals surface area (Å²) in [7, 11) is 1.29. The number of carbonyl (C=O) groups is 3. The average Bonchev–Trinajstić information content (AvgIpc) is 2.56. The number of carbonyl (C=O) groups excluding carboxylic acids is 3. The third-order valence-corrected chi connectivity index (χ3v) is 2.64. The molecular weight excluding hydrogens is 309 g/mol. The number of rotatable bonds is 9. The summed E-state index contributed by atoms with van der Waals surface area (Å²) in [6, 6.07) is 5.14. The summed E-state index contributed by atoms with van der Waals surface area (Å²) in [5.41, 5.74) is 0. The molecule has 8 heteroatoms. The maximum atomic E-state index is 12.7. The summed E-state index contributed by atoms with van der Waals surface area (Å²) in [4.78, 5) is 33.6. The Balaban J connectivity index is 2.11. The van der Waals surface area contributed by atoms with Crippen molar-refractivity contribution >= 4 is 17.8 Å². The second-order valence-electron chi connectivity index (χ2n) is 4.43. The van der Waals surface area contributed by atoms with Crippen LogP contribution in [0, 0.1) is 5.82 Å². The van der Waals surface area contributed by atoms with Crippen molar-refractivity contribution in [3.63, 3.8) is 0 Å². The Labute approximate surface area is 132 Å². The highest BCUT2D eigenvalue weighted by atomic mass is 19.1. The molecule has 1 N–H and O–H groups in total. The molecule has 0 saturated heterocycles. The Morgan fingerprint density at radius 2 is 1.78 bits per heavy atom. The molecule has 0 fully saturated rings. The van der Waals surface area contributed by atoms with Crippen LogP contribution in [0.5, 0.6) is 5.75 Å². The lowest BCUT2D eigenvalue weighted by Crippen LogP contribution is -2.30. The molecule has 0 unspecified atom stereocenters. The van der Waals surface area contributed by atoms with Crippen LogP contribution in [-0.4, -0.2) is 44.7 Å². The van der Waals surface area contributed by atoms with Gasteiger partial charge in [-0.15, -0.1) is 0 Å². The zero-order valence-corrected chi connectivity index (χ0v) is 12.7. The van der Waals surface area contributed by atoms with E-state index in [0.29, 0.717) is 12.2 Å². The molecule has 23 heavy (non-hydrogen) atoms. The van der Waals surface area contributed by atoms with E-state index in [2.05, 4.69) is 10.1 Å². The quantitative estimate of drug-likeness (QED) is 0.533. The van der Waals surface area contributed by atoms with Crippen molar-refractivity contribution < 1.29 is 33.0 Å². The van der Waals surface area contributed by atoms with Gasteiger partial charge in [-0.25, -0.2) is 9.18 Å². The molecule has 0 bridgehead atoms. The number of amides is 1. The third kappa shape index (κ3) is 8.40. The van der Waals surface area contributed by atoms with Crippen LogP contribution in [0.2, 0.25) is 0 Å². The standard InChI is InChI=1S/C15H18FNO6/c1-21-14(19)3-2-8-17-13(18)9-23-15(20)10-22-12-6-4-11(16)5-7-12/h4-7H,2-3,8-10H2,1H3,(H,17,18). The van der Waals surface area contributed by atoms with E-state index in [-0.39, 0.29) is 25.5 Å². The van der Waals surface area contributed by atoms with Crippen molar-refractivity contribution in [2.45, 2.75) is 12.8 Å². The largest absolute Gasteiger partial charge is 0.482 e. The van der Waals surface area contributed by atoms with Gasteiger partial charge in [-0.3, -0.25) is 9.59 Å². The smallest absolute Gasteiger partial charge is 0.344 e. The number of benzene rings is 1. The second kappa shape index (κ2) is 10.1. The van der Waals surface area contributed by atoms with Crippen LogP contribution in [0.1, 0.15) is 12.8 Å². The van der Waals surface area contributed by atoms with E-state index in [1.54, 1.807) is 0 Å². The molecule has 1 amide bonds. The molecule has 126 valence electrons. The number of esters is 2. The van der Waals surface area contributed by atoms with Gasteiger partial charge in [0.25, 0.3) is 5.91 Å². The van der Waals surface area contributed by atoms with Gasteiger partial charge in [0, 0.05) is 13.0 Å². The molecule has 0 spiro atoms. The molecule has 0 aromatic heterocycles. The van der Waals surface area contributed by atoms with Crippen LogP contribution >= 0.6 is 0 Å². The van der Waals surface area contributed by atoms with Gasteiger partial charge >= 0.3 is 11.9 Å². The third-order valence-electron chi connectivity index (χ3n) is 2.64. The molecule has 1 rings (SSSR count). The lowest BCUT2D eigenvalue weighted by Gasteiger charge is -2.07. The molecule has 0 radical (unpaired) electrons.